The fourth-order valence-electron chi connectivity index (χ4n) is 2.42. The van der Waals surface area contributed by atoms with Gasteiger partial charge in [0.15, 0.2) is 0 Å². The minimum Gasteiger partial charge on any atom is -0.361 e. The van der Waals surface area contributed by atoms with Gasteiger partial charge in [-0.1, -0.05) is 19.6 Å². The molecule has 0 saturated carbocycles. The maximum atomic E-state index is 12.7. The Hall–Kier alpha value is -2.25. The minimum atomic E-state index is -1.11. The molecule has 0 bridgehead atoms. The molecule has 0 fully saturated rings. The van der Waals surface area contributed by atoms with E-state index in [1.165, 1.54) is 0 Å². The monoisotopic (exact) mass is 342 g/mol. The Kier molecular flexibility index (Phi) is 4.63. The number of ether oxygens (including phenoxy) is 1. The molecule has 0 aliphatic rings. The van der Waals surface area contributed by atoms with Crippen LogP contribution in [0.1, 0.15) is 0 Å². The van der Waals surface area contributed by atoms with Gasteiger partial charge in [-0.15, -0.1) is 0 Å². The van der Waals surface area contributed by atoms with Crippen LogP contribution in [-0.4, -0.2) is 34.2 Å². The molecule has 0 aliphatic carbocycles. The molecule has 3 aromatic rings. The summed E-state index contributed by atoms with van der Waals surface area (Å²) in [6, 6.07) is 4.63. The summed E-state index contributed by atoms with van der Waals surface area (Å²) in [6.07, 6.45) is 6.84. The zero-order valence-corrected chi connectivity index (χ0v) is 15.2. The lowest BCUT2D eigenvalue weighted by Crippen LogP contribution is -2.22. The van der Waals surface area contributed by atoms with Crippen LogP contribution in [0.3, 0.4) is 0 Å². The van der Waals surface area contributed by atoms with Gasteiger partial charge in [0.1, 0.15) is 18.2 Å². The van der Waals surface area contributed by atoms with Crippen molar-refractivity contribution in [2.75, 3.05) is 6.61 Å². The number of H-pyrrole nitrogens is 1. The molecule has 3 aromatic heterocycles. The molecule has 0 unspecified atom stereocenters. The Bertz CT molecular complexity index is 895. The first kappa shape index (κ1) is 16.6. The molecule has 0 atom stereocenters. The third-order valence-corrected chi connectivity index (χ3v) is 5.54. The molecule has 0 aliphatic heterocycles. The average Bonchev–Trinajstić information content (AvgIpc) is 2.99. The number of aromatic nitrogens is 4. The number of nitrogens with one attached hydrogen (secondary N) is 1. The SMILES string of the molecule is C[Si](C)(C)CCOCn1ccnc1-c1c[nH]c2ncccc2c1=O. The molecular weight excluding hydrogens is 320 g/mol. The zero-order valence-electron chi connectivity index (χ0n) is 14.2. The summed E-state index contributed by atoms with van der Waals surface area (Å²) in [5, 5.41) is 0.559. The van der Waals surface area contributed by atoms with Crippen molar-refractivity contribution in [1.82, 2.24) is 19.5 Å². The average molecular weight is 342 g/mol. The van der Waals surface area contributed by atoms with Gasteiger partial charge in [-0.2, -0.15) is 0 Å². The van der Waals surface area contributed by atoms with Gasteiger partial charge in [0.2, 0.25) is 5.43 Å². The van der Waals surface area contributed by atoms with Crippen LogP contribution in [0, 0.1) is 0 Å². The zero-order chi connectivity index (χ0) is 17.2. The molecular formula is C17H22N4O2Si. The number of imidazole rings is 1. The van der Waals surface area contributed by atoms with Crippen molar-refractivity contribution in [2.24, 2.45) is 0 Å². The normalized spacial score (nSPS) is 12.0. The van der Waals surface area contributed by atoms with Crippen molar-refractivity contribution >= 4 is 19.1 Å². The molecule has 7 heteroatoms. The fraction of sp³-hybridized carbons (Fsp3) is 0.353. The van der Waals surface area contributed by atoms with Gasteiger partial charge >= 0.3 is 0 Å². The van der Waals surface area contributed by atoms with E-state index in [-0.39, 0.29) is 5.43 Å². The highest BCUT2D eigenvalue weighted by atomic mass is 28.3. The summed E-state index contributed by atoms with van der Waals surface area (Å²) < 4.78 is 7.63. The lowest BCUT2D eigenvalue weighted by atomic mass is 10.2. The summed E-state index contributed by atoms with van der Waals surface area (Å²) >= 11 is 0. The maximum absolute atomic E-state index is 12.7. The Morgan fingerprint density at radius 2 is 2.08 bits per heavy atom. The van der Waals surface area contributed by atoms with Crippen molar-refractivity contribution in [3.05, 3.63) is 47.1 Å². The van der Waals surface area contributed by atoms with Crippen molar-refractivity contribution in [2.45, 2.75) is 32.4 Å². The van der Waals surface area contributed by atoms with Crippen molar-refractivity contribution < 1.29 is 4.74 Å². The van der Waals surface area contributed by atoms with Crippen LogP contribution >= 0.6 is 0 Å². The van der Waals surface area contributed by atoms with Crippen LogP contribution in [0.5, 0.6) is 0 Å². The Morgan fingerprint density at radius 3 is 2.88 bits per heavy atom. The van der Waals surface area contributed by atoms with Gasteiger partial charge in [0.05, 0.1) is 10.9 Å². The highest BCUT2D eigenvalue weighted by molar-refractivity contribution is 6.76. The topological polar surface area (TPSA) is 72.8 Å². The van der Waals surface area contributed by atoms with E-state index in [0.717, 1.165) is 12.7 Å². The number of hydrogen-bond acceptors (Lipinski definition) is 4. The van der Waals surface area contributed by atoms with E-state index in [2.05, 4.69) is 34.6 Å². The van der Waals surface area contributed by atoms with Gasteiger partial charge in [0.25, 0.3) is 0 Å². The summed E-state index contributed by atoms with van der Waals surface area (Å²) in [7, 11) is -1.11. The third-order valence-electron chi connectivity index (χ3n) is 3.83. The number of aromatic amines is 1. The van der Waals surface area contributed by atoms with Crippen molar-refractivity contribution in [3.63, 3.8) is 0 Å². The second kappa shape index (κ2) is 6.70. The molecule has 126 valence electrons. The third kappa shape index (κ3) is 3.63. The number of rotatable bonds is 6. The Morgan fingerprint density at radius 1 is 1.25 bits per heavy atom. The molecule has 0 amide bonds. The van der Waals surface area contributed by atoms with Crippen LogP contribution in [0.25, 0.3) is 22.4 Å². The molecule has 0 spiro atoms. The standard InChI is InChI=1S/C17H22N4O2Si/c1-24(2,3)10-9-23-12-21-8-7-19-17(21)14-11-20-16-13(15(14)22)5-4-6-18-16/h4-8,11H,9-10,12H2,1-3H3,(H,18,20,22). The summed E-state index contributed by atoms with van der Waals surface area (Å²) in [6.45, 7) is 8.08. The highest BCUT2D eigenvalue weighted by Crippen LogP contribution is 2.16. The molecule has 0 radical (unpaired) electrons. The Balaban J connectivity index is 1.83. The quantitative estimate of drug-likeness (QED) is 0.552. The first-order valence-corrected chi connectivity index (χ1v) is 11.7. The smallest absolute Gasteiger partial charge is 0.201 e. The van der Waals surface area contributed by atoms with Gasteiger partial charge in [0, 0.05) is 39.5 Å². The van der Waals surface area contributed by atoms with Gasteiger partial charge < -0.3 is 14.3 Å². The van der Waals surface area contributed by atoms with E-state index in [4.69, 9.17) is 4.74 Å². The first-order chi connectivity index (χ1) is 11.5. The molecule has 3 rings (SSSR count). The maximum Gasteiger partial charge on any atom is 0.201 e. The van der Waals surface area contributed by atoms with Gasteiger partial charge in [-0.25, -0.2) is 9.97 Å². The second-order valence-electron chi connectivity index (χ2n) is 7.00. The fourth-order valence-corrected chi connectivity index (χ4v) is 3.18. The predicted molar refractivity (Wildman–Crippen MR) is 97.7 cm³/mol. The van der Waals surface area contributed by atoms with E-state index in [0.29, 0.717) is 29.2 Å². The van der Waals surface area contributed by atoms with E-state index in [1.807, 2.05) is 10.8 Å². The van der Waals surface area contributed by atoms with E-state index >= 15 is 0 Å². The first-order valence-electron chi connectivity index (χ1n) is 8.01. The number of pyridine rings is 2. The number of fused-ring (bicyclic) bond motifs is 1. The van der Waals surface area contributed by atoms with E-state index in [9.17, 15) is 4.79 Å². The van der Waals surface area contributed by atoms with Crippen molar-refractivity contribution in [1.29, 1.82) is 0 Å². The summed E-state index contributed by atoms with van der Waals surface area (Å²) in [5.74, 6) is 0.606. The molecule has 0 aromatic carbocycles. The molecule has 0 saturated heterocycles. The van der Waals surface area contributed by atoms with Crippen LogP contribution in [-0.2, 0) is 11.5 Å². The molecule has 24 heavy (non-hydrogen) atoms. The van der Waals surface area contributed by atoms with Gasteiger partial charge in [-0.3, -0.25) is 4.79 Å². The van der Waals surface area contributed by atoms with E-state index in [1.54, 1.807) is 30.7 Å². The summed E-state index contributed by atoms with van der Waals surface area (Å²) in [4.78, 5) is 24.3. The summed E-state index contributed by atoms with van der Waals surface area (Å²) in [5.41, 5.74) is 1.02. The lowest BCUT2D eigenvalue weighted by Gasteiger charge is -2.16. The predicted octanol–water partition coefficient (Wildman–Crippen LogP) is 3.10. The van der Waals surface area contributed by atoms with E-state index < -0.39 is 8.07 Å². The van der Waals surface area contributed by atoms with Crippen LogP contribution < -0.4 is 5.43 Å². The van der Waals surface area contributed by atoms with Crippen LogP contribution in [0.15, 0.2) is 41.7 Å². The minimum absolute atomic E-state index is 0.0774. The second-order valence-corrected chi connectivity index (χ2v) is 12.6. The van der Waals surface area contributed by atoms with Gasteiger partial charge in [-0.05, 0) is 18.2 Å². The molecule has 1 N–H and O–H groups in total. The van der Waals surface area contributed by atoms with Crippen molar-refractivity contribution in [3.8, 4) is 11.4 Å². The van der Waals surface area contributed by atoms with Crippen LogP contribution in [0.4, 0.5) is 0 Å². The number of hydrogen-bond donors (Lipinski definition) is 1. The highest BCUT2D eigenvalue weighted by Gasteiger charge is 2.14. The largest absolute Gasteiger partial charge is 0.361 e. The number of nitrogens with zero attached hydrogens (tertiary/aromatic N) is 3. The Labute approximate surface area is 141 Å². The molecule has 6 nitrogen and oxygen atoms in total. The lowest BCUT2D eigenvalue weighted by molar-refractivity contribution is 0.0883. The molecule has 3 heterocycles. The van der Waals surface area contributed by atoms with Crippen LogP contribution in [0.2, 0.25) is 25.7 Å².